The molecule has 18 heavy (non-hydrogen) atoms. The quantitative estimate of drug-likeness (QED) is 0.608. The van der Waals surface area contributed by atoms with Crippen molar-refractivity contribution in [1.29, 1.82) is 0 Å². The van der Waals surface area contributed by atoms with E-state index < -0.39 is 11.2 Å². The summed E-state index contributed by atoms with van der Waals surface area (Å²) in [5.74, 6) is -0.192. The highest BCUT2D eigenvalue weighted by molar-refractivity contribution is 5.86. The molecule has 0 aromatic heterocycles. The minimum absolute atomic E-state index is 0.192. The summed E-state index contributed by atoms with van der Waals surface area (Å²) in [5, 5.41) is 0. The Hall–Kier alpha value is -1.35. The SMILES string of the molecule is CCOC(=O)C12CCCC1(c1ccc(C)cc1)O2. The first kappa shape index (κ1) is 11.7. The lowest BCUT2D eigenvalue weighted by atomic mass is 9.88. The second kappa shape index (κ2) is 3.82. The molecule has 1 aliphatic heterocycles. The molecular formula is C15H18O3. The molecule has 2 unspecified atom stereocenters. The van der Waals surface area contributed by atoms with Crippen LogP contribution in [0.25, 0.3) is 0 Å². The Morgan fingerprint density at radius 2 is 2.06 bits per heavy atom. The third kappa shape index (κ3) is 1.37. The van der Waals surface area contributed by atoms with Gasteiger partial charge in [0, 0.05) is 0 Å². The van der Waals surface area contributed by atoms with Gasteiger partial charge in [0.25, 0.3) is 0 Å². The summed E-state index contributed by atoms with van der Waals surface area (Å²) in [5.41, 5.74) is 1.22. The van der Waals surface area contributed by atoms with Gasteiger partial charge in [0.2, 0.25) is 0 Å². The van der Waals surface area contributed by atoms with Gasteiger partial charge in [-0.1, -0.05) is 29.8 Å². The van der Waals surface area contributed by atoms with Gasteiger partial charge < -0.3 is 9.47 Å². The number of aryl methyl sites for hydroxylation is 1. The molecule has 2 fully saturated rings. The third-order valence-corrected chi connectivity index (χ3v) is 4.14. The molecule has 3 heteroatoms. The van der Waals surface area contributed by atoms with E-state index in [2.05, 4.69) is 31.2 Å². The highest BCUT2D eigenvalue weighted by Gasteiger charge is 2.78. The van der Waals surface area contributed by atoms with Crippen molar-refractivity contribution >= 4 is 5.97 Å². The molecule has 1 heterocycles. The van der Waals surface area contributed by atoms with Gasteiger partial charge in [-0.2, -0.15) is 0 Å². The van der Waals surface area contributed by atoms with E-state index in [1.165, 1.54) is 5.56 Å². The normalized spacial score (nSPS) is 33.0. The minimum atomic E-state index is -0.696. The highest BCUT2D eigenvalue weighted by atomic mass is 16.7. The van der Waals surface area contributed by atoms with Crippen molar-refractivity contribution in [3.05, 3.63) is 35.4 Å². The molecule has 0 radical (unpaired) electrons. The first-order valence-electron chi connectivity index (χ1n) is 6.59. The zero-order valence-corrected chi connectivity index (χ0v) is 10.9. The van der Waals surface area contributed by atoms with Crippen molar-refractivity contribution in [2.24, 2.45) is 0 Å². The number of fused-ring (bicyclic) bond motifs is 1. The summed E-state index contributed by atoms with van der Waals surface area (Å²) >= 11 is 0. The number of carbonyl (C=O) groups excluding carboxylic acids is 1. The Balaban J connectivity index is 1.93. The van der Waals surface area contributed by atoms with Crippen LogP contribution < -0.4 is 0 Å². The number of epoxide rings is 1. The fourth-order valence-corrected chi connectivity index (χ4v) is 3.18. The molecule has 1 aliphatic carbocycles. The van der Waals surface area contributed by atoms with Gasteiger partial charge in [-0.15, -0.1) is 0 Å². The molecule has 1 aromatic carbocycles. The molecule has 1 saturated carbocycles. The molecular weight excluding hydrogens is 228 g/mol. The van der Waals surface area contributed by atoms with E-state index in [1.807, 2.05) is 6.92 Å². The second-order valence-electron chi connectivity index (χ2n) is 5.20. The number of esters is 1. The number of benzene rings is 1. The van der Waals surface area contributed by atoms with E-state index in [4.69, 9.17) is 9.47 Å². The van der Waals surface area contributed by atoms with Crippen molar-refractivity contribution < 1.29 is 14.3 Å². The van der Waals surface area contributed by atoms with Crippen LogP contribution in [0.3, 0.4) is 0 Å². The first-order chi connectivity index (χ1) is 8.64. The van der Waals surface area contributed by atoms with Crippen molar-refractivity contribution in [2.75, 3.05) is 6.61 Å². The monoisotopic (exact) mass is 246 g/mol. The highest BCUT2D eigenvalue weighted by Crippen LogP contribution is 2.66. The molecule has 2 atom stereocenters. The van der Waals surface area contributed by atoms with Crippen LogP contribution in [0, 0.1) is 6.92 Å². The summed E-state index contributed by atoms with van der Waals surface area (Å²) in [7, 11) is 0. The molecule has 3 nitrogen and oxygen atoms in total. The lowest BCUT2D eigenvalue weighted by Crippen LogP contribution is -2.30. The van der Waals surface area contributed by atoms with Crippen molar-refractivity contribution in [3.8, 4) is 0 Å². The average molecular weight is 246 g/mol. The van der Waals surface area contributed by atoms with Gasteiger partial charge in [-0.25, -0.2) is 4.79 Å². The smallest absolute Gasteiger partial charge is 0.341 e. The van der Waals surface area contributed by atoms with Crippen LogP contribution >= 0.6 is 0 Å². The molecule has 0 spiro atoms. The van der Waals surface area contributed by atoms with Gasteiger partial charge in [0.05, 0.1) is 6.61 Å². The predicted molar refractivity (Wildman–Crippen MR) is 67.2 cm³/mol. The predicted octanol–water partition coefficient (Wildman–Crippen LogP) is 2.71. The Morgan fingerprint density at radius 1 is 1.33 bits per heavy atom. The minimum Gasteiger partial charge on any atom is -0.464 e. The zero-order valence-electron chi connectivity index (χ0n) is 10.9. The van der Waals surface area contributed by atoms with Gasteiger partial charge >= 0.3 is 5.97 Å². The fraction of sp³-hybridized carbons (Fsp3) is 0.533. The topological polar surface area (TPSA) is 38.8 Å². The first-order valence-corrected chi connectivity index (χ1v) is 6.59. The molecule has 1 aromatic rings. The number of hydrogen-bond acceptors (Lipinski definition) is 3. The molecule has 96 valence electrons. The Bertz CT molecular complexity index is 479. The maximum atomic E-state index is 12.1. The van der Waals surface area contributed by atoms with Gasteiger partial charge in [0.15, 0.2) is 5.60 Å². The molecule has 2 aliphatic rings. The van der Waals surface area contributed by atoms with Crippen LogP contribution in [0.5, 0.6) is 0 Å². The molecule has 0 bridgehead atoms. The van der Waals surface area contributed by atoms with Crippen LogP contribution in [0.1, 0.15) is 37.3 Å². The summed E-state index contributed by atoms with van der Waals surface area (Å²) in [4.78, 5) is 12.1. The van der Waals surface area contributed by atoms with Crippen LogP contribution in [0.15, 0.2) is 24.3 Å². The maximum Gasteiger partial charge on any atom is 0.341 e. The standard InChI is InChI=1S/C15H18O3/c1-3-17-13(16)15-10-4-9-14(15,18-15)12-7-5-11(2)6-8-12/h5-8H,3-4,9-10H2,1-2H3. The molecule has 1 saturated heterocycles. The van der Waals surface area contributed by atoms with Gasteiger partial charge in [0.1, 0.15) is 5.60 Å². The Labute approximate surface area is 107 Å². The van der Waals surface area contributed by atoms with Crippen LogP contribution in [-0.2, 0) is 19.9 Å². The van der Waals surface area contributed by atoms with Crippen molar-refractivity contribution in [2.45, 2.75) is 44.3 Å². The van der Waals surface area contributed by atoms with E-state index in [9.17, 15) is 4.79 Å². The van der Waals surface area contributed by atoms with E-state index in [0.29, 0.717) is 6.61 Å². The largest absolute Gasteiger partial charge is 0.464 e. The second-order valence-corrected chi connectivity index (χ2v) is 5.20. The van der Waals surface area contributed by atoms with Crippen molar-refractivity contribution in [3.63, 3.8) is 0 Å². The summed E-state index contributed by atoms with van der Waals surface area (Å²) in [6.45, 7) is 4.30. The van der Waals surface area contributed by atoms with Crippen LogP contribution in [-0.4, -0.2) is 18.2 Å². The lowest BCUT2D eigenvalue weighted by Gasteiger charge is -2.12. The van der Waals surface area contributed by atoms with Crippen LogP contribution in [0.2, 0.25) is 0 Å². The summed E-state index contributed by atoms with van der Waals surface area (Å²) in [6.07, 6.45) is 2.71. The van der Waals surface area contributed by atoms with Gasteiger partial charge in [-0.3, -0.25) is 0 Å². The number of hydrogen-bond donors (Lipinski definition) is 0. The van der Waals surface area contributed by atoms with Crippen LogP contribution in [0.4, 0.5) is 0 Å². The van der Waals surface area contributed by atoms with E-state index >= 15 is 0 Å². The fourth-order valence-electron chi connectivity index (χ4n) is 3.18. The Morgan fingerprint density at radius 3 is 2.72 bits per heavy atom. The van der Waals surface area contributed by atoms with E-state index in [-0.39, 0.29) is 5.97 Å². The summed E-state index contributed by atoms with van der Waals surface area (Å²) < 4.78 is 11.1. The van der Waals surface area contributed by atoms with E-state index in [1.54, 1.807) is 0 Å². The zero-order chi connectivity index (χ0) is 12.8. The Kier molecular flexibility index (Phi) is 2.49. The molecule has 3 rings (SSSR count). The third-order valence-electron chi connectivity index (χ3n) is 4.14. The summed E-state index contributed by atoms with van der Waals surface area (Å²) in [6, 6.07) is 8.28. The number of rotatable bonds is 3. The van der Waals surface area contributed by atoms with Gasteiger partial charge in [-0.05, 0) is 38.7 Å². The van der Waals surface area contributed by atoms with E-state index in [0.717, 1.165) is 24.8 Å². The molecule has 0 N–H and O–H groups in total. The average Bonchev–Trinajstić information content (AvgIpc) is 2.89. The molecule has 0 amide bonds. The lowest BCUT2D eigenvalue weighted by molar-refractivity contribution is -0.149. The number of ether oxygens (including phenoxy) is 2. The maximum absolute atomic E-state index is 12.1. The number of carbonyl (C=O) groups is 1. The van der Waals surface area contributed by atoms with Crippen molar-refractivity contribution in [1.82, 2.24) is 0 Å².